The Morgan fingerprint density at radius 2 is 1.90 bits per heavy atom. The van der Waals surface area contributed by atoms with Gasteiger partial charge in [0, 0.05) is 30.6 Å². The van der Waals surface area contributed by atoms with Crippen LogP contribution in [0.25, 0.3) is 0 Å². The standard InChI is InChI=1S/C20H27N3O6/c1-13-10-15(14(2)22(13)8-9-28-3)16(24)12-29-17(25)11-23-18(26)20(21-19(23)27)6-4-5-7-20/h10H,4-9,11-12H2,1-3H3,(H,21,27). The second-order valence-electron chi connectivity index (χ2n) is 7.62. The van der Waals surface area contributed by atoms with Gasteiger partial charge in [-0.3, -0.25) is 19.3 Å². The lowest BCUT2D eigenvalue weighted by Gasteiger charge is -2.19. The smallest absolute Gasteiger partial charge is 0.326 e. The second-order valence-corrected chi connectivity index (χ2v) is 7.62. The molecule has 1 spiro atoms. The van der Waals surface area contributed by atoms with Gasteiger partial charge in [-0.1, -0.05) is 12.8 Å². The Kier molecular flexibility index (Phi) is 6.07. The average Bonchev–Trinajstić information content (AvgIpc) is 3.33. The van der Waals surface area contributed by atoms with Crippen LogP contribution in [0.15, 0.2) is 6.07 Å². The molecule has 2 heterocycles. The predicted octanol–water partition coefficient (Wildman–Crippen LogP) is 1.34. The molecule has 2 fully saturated rings. The van der Waals surface area contributed by atoms with E-state index in [1.807, 2.05) is 18.4 Å². The van der Waals surface area contributed by atoms with Gasteiger partial charge >= 0.3 is 12.0 Å². The summed E-state index contributed by atoms with van der Waals surface area (Å²) in [6.07, 6.45) is 2.89. The molecule has 0 radical (unpaired) electrons. The molecule has 9 heteroatoms. The highest BCUT2D eigenvalue weighted by atomic mass is 16.5. The Morgan fingerprint density at radius 1 is 1.21 bits per heavy atom. The number of amides is 3. The molecular weight excluding hydrogens is 378 g/mol. The fourth-order valence-corrected chi connectivity index (χ4v) is 4.15. The van der Waals surface area contributed by atoms with Gasteiger partial charge in [-0.25, -0.2) is 4.79 Å². The van der Waals surface area contributed by atoms with Crippen LogP contribution in [0.1, 0.15) is 47.4 Å². The number of nitrogens with one attached hydrogen (secondary N) is 1. The van der Waals surface area contributed by atoms with Crippen LogP contribution in [-0.2, 0) is 25.6 Å². The molecular formula is C20H27N3O6. The zero-order chi connectivity index (χ0) is 21.2. The number of methoxy groups -OCH3 is 1. The van der Waals surface area contributed by atoms with E-state index in [2.05, 4.69) is 5.32 Å². The quantitative estimate of drug-likeness (QED) is 0.397. The minimum atomic E-state index is -0.868. The minimum Gasteiger partial charge on any atom is -0.456 e. The summed E-state index contributed by atoms with van der Waals surface area (Å²) in [6.45, 7) is 3.92. The highest BCUT2D eigenvalue weighted by Gasteiger charge is 2.52. The topological polar surface area (TPSA) is 107 Å². The van der Waals surface area contributed by atoms with Gasteiger partial charge < -0.3 is 19.4 Å². The number of ether oxygens (including phenoxy) is 2. The van der Waals surface area contributed by atoms with Crippen LogP contribution in [0, 0.1) is 13.8 Å². The summed E-state index contributed by atoms with van der Waals surface area (Å²) in [4.78, 5) is 50.2. The predicted molar refractivity (Wildman–Crippen MR) is 103 cm³/mol. The molecule has 29 heavy (non-hydrogen) atoms. The Hall–Kier alpha value is -2.68. The molecule has 2 aliphatic rings. The third-order valence-corrected chi connectivity index (χ3v) is 5.75. The summed E-state index contributed by atoms with van der Waals surface area (Å²) >= 11 is 0. The Labute approximate surface area is 169 Å². The van der Waals surface area contributed by atoms with E-state index in [0.717, 1.165) is 29.1 Å². The lowest BCUT2D eigenvalue weighted by atomic mass is 9.98. The molecule has 3 amide bonds. The number of urea groups is 1. The maximum atomic E-state index is 12.6. The van der Waals surface area contributed by atoms with Crippen molar-refractivity contribution in [2.75, 3.05) is 26.9 Å². The van der Waals surface area contributed by atoms with Crippen LogP contribution >= 0.6 is 0 Å². The first-order chi connectivity index (χ1) is 13.8. The van der Waals surface area contributed by atoms with E-state index in [1.54, 1.807) is 13.2 Å². The molecule has 158 valence electrons. The van der Waals surface area contributed by atoms with E-state index in [9.17, 15) is 19.2 Å². The van der Waals surface area contributed by atoms with Crippen LogP contribution in [-0.4, -0.2) is 65.6 Å². The van der Waals surface area contributed by atoms with E-state index in [4.69, 9.17) is 9.47 Å². The molecule has 0 atom stereocenters. The molecule has 1 aliphatic carbocycles. The first-order valence-corrected chi connectivity index (χ1v) is 9.77. The maximum Gasteiger partial charge on any atom is 0.326 e. The molecule has 1 aromatic rings. The van der Waals surface area contributed by atoms with Crippen LogP contribution in [0.3, 0.4) is 0 Å². The summed E-state index contributed by atoms with van der Waals surface area (Å²) < 4.78 is 12.1. The zero-order valence-electron chi connectivity index (χ0n) is 17.1. The number of esters is 1. The molecule has 1 saturated heterocycles. The van der Waals surface area contributed by atoms with E-state index in [1.165, 1.54) is 0 Å². The van der Waals surface area contributed by atoms with Crippen molar-refractivity contribution < 1.29 is 28.7 Å². The van der Waals surface area contributed by atoms with E-state index < -0.39 is 30.7 Å². The molecule has 1 aliphatic heterocycles. The SMILES string of the molecule is COCCn1c(C)cc(C(=O)COC(=O)CN2C(=O)NC3(CCCC3)C2=O)c1C. The lowest BCUT2D eigenvalue weighted by Crippen LogP contribution is -2.44. The van der Waals surface area contributed by atoms with Gasteiger partial charge in [-0.05, 0) is 32.8 Å². The molecule has 1 saturated carbocycles. The number of carbonyl (C=O) groups is 4. The fourth-order valence-electron chi connectivity index (χ4n) is 4.15. The van der Waals surface area contributed by atoms with E-state index in [-0.39, 0.29) is 11.7 Å². The summed E-state index contributed by atoms with van der Waals surface area (Å²) in [6, 6.07) is 1.17. The van der Waals surface area contributed by atoms with Crippen molar-refractivity contribution in [3.63, 3.8) is 0 Å². The Bertz CT molecular complexity index is 838. The van der Waals surface area contributed by atoms with Crippen LogP contribution in [0.4, 0.5) is 4.79 Å². The van der Waals surface area contributed by atoms with Gasteiger partial charge in [0.15, 0.2) is 6.61 Å². The number of Topliss-reactive ketones (excluding diaryl/α,β-unsaturated/α-hetero) is 1. The summed E-state index contributed by atoms with van der Waals surface area (Å²) in [7, 11) is 1.61. The van der Waals surface area contributed by atoms with Crippen molar-refractivity contribution in [1.82, 2.24) is 14.8 Å². The number of carbonyl (C=O) groups excluding carboxylic acids is 4. The summed E-state index contributed by atoms with van der Waals surface area (Å²) in [5, 5.41) is 2.71. The number of nitrogens with zero attached hydrogens (tertiary/aromatic N) is 2. The number of imide groups is 1. The Morgan fingerprint density at radius 3 is 2.55 bits per heavy atom. The van der Waals surface area contributed by atoms with Gasteiger partial charge in [-0.15, -0.1) is 0 Å². The number of rotatable bonds is 8. The molecule has 0 unspecified atom stereocenters. The number of aromatic nitrogens is 1. The number of aryl methyl sites for hydroxylation is 1. The third-order valence-electron chi connectivity index (χ3n) is 5.75. The fraction of sp³-hybridized carbons (Fsp3) is 0.600. The molecule has 3 rings (SSSR count). The molecule has 1 N–H and O–H groups in total. The third kappa shape index (κ3) is 4.05. The van der Waals surface area contributed by atoms with Crippen LogP contribution in [0.2, 0.25) is 0 Å². The van der Waals surface area contributed by atoms with Crippen molar-refractivity contribution in [2.24, 2.45) is 0 Å². The lowest BCUT2D eigenvalue weighted by molar-refractivity contribution is -0.146. The van der Waals surface area contributed by atoms with Gasteiger partial charge in [0.05, 0.1) is 6.61 Å². The Balaban J connectivity index is 1.56. The molecule has 9 nitrogen and oxygen atoms in total. The van der Waals surface area contributed by atoms with E-state index in [0.29, 0.717) is 31.6 Å². The van der Waals surface area contributed by atoms with Crippen LogP contribution < -0.4 is 5.32 Å². The first kappa shape index (κ1) is 21.0. The van der Waals surface area contributed by atoms with Crippen molar-refractivity contribution in [1.29, 1.82) is 0 Å². The van der Waals surface area contributed by atoms with Gasteiger partial charge in [0.1, 0.15) is 12.1 Å². The zero-order valence-corrected chi connectivity index (χ0v) is 17.1. The van der Waals surface area contributed by atoms with Gasteiger partial charge in [-0.2, -0.15) is 0 Å². The highest BCUT2D eigenvalue weighted by molar-refractivity contribution is 6.09. The number of ketones is 1. The number of hydrogen-bond acceptors (Lipinski definition) is 6. The monoisotopic (exact) mass is 405 g/mol. The normalized spacial score (nSPS) is 17.8. The van der Waals surface area contributed by atoms with Crippen molar-refractivity contribution in [3.05, 3.63) is 23.0 Å². The maximum absolute atomic E-state index is 12.6. The first-order valence-electron chi connectivity index (χ1n) is 9.77. The highest BCUT2D eigenvalue weighted by Crippen LogP contribution is 2.34. The van der Waals surface area contributed by atoms with Crippen molar-refractivity contribution in [3.8, 4) is 0 Å². The minimum absolute atomic E-state index is 0.334. The molecule has 0 aromatic carbocycles. The summed E-state index contributed by atoms with van der Waals surface area (Å²) in [5.74, 6) is -1.50. The van der Waals surface area contributed by atoms with Gasteiger partial charge in [0.25, 0.3) is 5.91 Å². The summed E-state index contributed by atoms with van der Waals surface area (Å²) in [5.41, 5.74) is 1.30. The average molecular weight is 405 g/mol. The van der Waals surface area contributed by atoms with Gasteiger partial charge in [0.2, 0.25) is 5.78 Å². The largest absolute Gasteiger partial charge is 0.456 e. The molecule has 0 bridgehead atoms. The van der Waals surface area contributed by atoms with Crippen molar-refractivity contribution >= 4 is 23.7 Å². The second kappa shape index (κ2) is 8.36. The molecule has 1 aromatic heterocycles. The van der Waals surface area contributed by atoms with Crippen LogP contribution in [0.5, 0.6) is 0 Å². The van der Waals surface area contributed by atoms with Crippen molar-refractivity contribution in [2.45, 2.75) is 51.6 Å². The number of hydrogen-bond donors (Lipinski definition) is 1. The van der Waals surface area contributed by atoms with E-state index >= 15 is 0 Å².